The first kappa shape index (κ1) is 19.8. The molecule has 33 heavy (non-hydrogen) atoms. The zero-order valence-electron chi connectivity index (χ0n) is 16.9. The first-order valence-electron chi connectivity index (χ1n) is 10.1. The molecule has 0 N–H and O–H groups in total. The summed E-state index contributed by atoms with van der Waals surface area (Å²) in [6.45, 7) is 0.543. The van der Waals surface area contributed by atoms with Gasteiger partial charge in [-0.05, 0) is 41.5 Å². The summed E-state index contributed by atoms with van der Waals surface area (Å²) in [5.74, 6) is -0.253. The summed E-state index contributed by atoms with van der Waals surface area (Å²) in [5, 5.41) is 0. The molecule has 3 aliphatic rings. The Bertz CT molecular complexity index is 1400. The highest BCUT2D eigenvalue weighted by Gasteiger charge is 2.64. The van der Waals surface area contributed by atoms with Crippen LogP contribution in [0.5, 0.6) is 17.4 Å². The molecule has 6 nitrogen and oxygen atoms in total. The number of ether oxygens (including phenoxy) is 2. The molecule has 3 aromatic rings. The van der Waals surface area contributed by atoms with Crippen molar-refractivity contribution in [2.24, 2.45) is 0 Å². The van der Waals surface area contributed by atoms with Gasteiger partial charge in [0.25, 0.3) is 0 Å². The highest BCUT2D eigenvalue weighted by atomic mass is 19.4. The molecule has 1 atom stereocenters. The van der Waals surface area contributed by atoms with Gasteiger partial charge in [-0.15, -0.1) is 0 Å². The minimum atomic E-state index is -4.53. The number of aromatic nitrogens is 2. The summed E-state index contributed by atoms with van der Waals surface area (Å²) in [6, 6.07) is 9.88. The van der Waals surface area contributed by atoms with Crippen LogP contribution in [0.1, 0.15) is 17.5 Å². The van der Waals surface area contributed by atoms with Gasteiger partial charge in [0.05, 0.1) is 17.6 Å². The molecule has 1 aliphatic carbocycles. The molecule has 3 heterocycles. The predicted octanol–water partition coefficient (Wildman–Crippen LogP) is 4.63. The Labute approximate surface area is 184 Å². The van der Waals surface area contributed by atoms with Crippen LogP contribution in [0.3, 0.4) is 0 Å². The van der Waals surface area contributed by atoms with Gasteiger partial charge in [-0.25, -0.2) is 9.18 Å². The predicted molar refractivity (Wildman–Crippen MR) is 109 cm³/mol. The molecule has 168 valence electrons. The van der Waals surface area contributed by atoms with Crippen LogP contribution in [0.4, 0.5) is 23.4 Å². The van der Waals surface area contributed by atoms with Gasteiger partial charge in [0.15, 0.2) is 11.6 Å². The number of halogens is 4. The van der Waals surface area contributed by atoms with Crippen molar-refractivity contribution in [3.8, 4) is 17.4 Å². The third kappa shape index (κ3) is 3.16. The fourth-order valence-electron chi connectivity index (χ4n) is 4.30. The van der Waals surface area contributed by atoms with E-state index in [1.807, 2.05) is 6.20 Å². The average Bonchev–Trinajstić information content (AvgIpc) is 3.21. The molecule has 0 saturated heterocycles. The van der Waals surface area contributed by atoms with E-state index in [-0.39, 0.29) is 29.5 Å². The van der Waals surface area contributed by atoms with Gasteiger partial charge in [0, 0.05) is 18.7 Å². The summed E-state index contributed by atoms with van der Waals surface area (Å²) < 4.78 is 65.6. The van der Waals surface area contributed by atoms with Crippen molar-refractivity contribution in [2.45, 2.75) is 31.3 Å². The van der Waals surface area contributed by atoms with E-state index in [2.05, 4.69) is 9.88 Å². The molecule has 10 heteroatoms. The first-order chi connectivity index (χ1) is 15.7. The normalized spacial score (nSPS) is 19.8. The maximum Gasteiger partial charge on any atom is 0.416 e. The molecule has 0 bridgehead atoms. The largest absolute Gasteiger partial charge is 0.473 e. The van der Waals surface area contributed by atoms with Crippen LogP contribution >= 0.6 is 0 Å². The summed E-state index contributed by atoms with van der Waals surface area (Å²) in [4.78, 5) is 18.4. The lowest BCUT2D eigenvalue weighted by molar-refractivity contribution is -0.137. The van der Waals surface area contributed by atoms with Crippen molar-refractivity contribution >= 4 is 5.82 Å². The molecule has 1 fully saturated rings. The van der Waals surface area contributed by atoms with E-state index in [1.54, 1.807) is 10.6 Å². The van der Waals surface area contributed by atoms with Crippen molar-refractivity contribution < 1.29 is 27.0 Å². The van der Waals surface area contributed by atoms with Gasteiger partial charge in [-0.1, -0.05) is 12.1 Å². The second-order valence-corrected chi connectivity index (χ2v) is 8.24. The van der Waals surface area contributed by atoms with Crippen LogP contribution < -0.4 is 20.1 Å². The second-order valence-electron chi connectivity index (χ2n) is 8.24. The Balaban J connectivity index is 1.16. The van der Waals surface area contributed by atoms with Crippen LogP contribution in [-0.2, 0) is 19.3 Å². The van der Waals surface area contributed by atoms with Crippen LogP contribution in [0.25, 0.3) is 0 Å². The zero-order valence-corrected chi connectivity index (χ0v) is 16.9. The number of rotatable bonds is 5. The molecule has 6 rings (SSSR count). The lowest BCUT2D eigenvalue weighted by atomic mass is 10.2. The van der Waals surface area contributed by atoms with Gasteiger partial charge in [-0.2, -0.15) is 18.2 Å². The maximum atomic E-state index is 14.5. The van der Waals surface area contributed by atoms with E-state index in [1.165, 1.54) is 29.8 Å². The van der Waals surface area contributed by atoms with E-state index < -0.39 is 23.2 Å². The molecular formula is C23H15F4N3O3. The molecule has 1 aromatic heterocycles. The molecule has 0 radical (unpaired) electrons. The number of anilines is 1. The maximum absolute atomic E-state index is 14.5. The molecule has 1 spiro atoms. The Hall–Kier alpha value is -3.82. The highest BCUT2D eigenvalue weighted by Crippen LogP contribution is 2.61. The minimum Gasteiger partial charge on any atom is -0.473 e. The van der Waals surface area contributed by atoms with Gasteiger partial charge in [0.1, 0.15) is 18.2 Å². The summed E-state index contributed by atoms with van der Waals surface area (Å²) in [7, 11) is 0. The minimum absolute atomic E-state index is 0.0367. The fraction of sp³-hybridized carbons (Fsp3) is 0.217. The first-order valence-corrected chi connectivity index (χ1v) is 10.1. The fourth-order valence-corrected chi connectivity index (χ4v) is 4.30. The molecule has 2 aromatic carbocycles. The van der Waals surface area contributed by atoms with E-state index in [0.29, 0.717) is 12.1 Å². The average molecular weight is 457 g/mol. The SMILES string of the molecule is O=c1nc(OCc2ccc(Oc3cccc(C(F)(F)F)c3)c(F)c2)cc2n1CC13CC1=CN23. The molecule has 1 saturated carbocycles. The van der Waals surface area contributed by atoms with Gasteiger partial charge >= 0.3 is 11.9 Å². The van der Waals surface area contributed by atoms with Gasteiger partial charge < -0.3 is 14.4 Å². The van der Waals surface area contributed by atoms with Gasteiger partial charge in [0.2, 0.25) is 5.88 Å². The quantitative estimate of drug-likeness (QED) is 0.523. The number of benzene rings is 2. The molecular weight excluding hydrogens is 442 g/mol. The third-order valence-electron chi connectivity index (χ3n) is 6.11. The van der Waals surface area contributed by atoms with Crippen molar-refractivity contribution in [3.05, 3.63) is 87.7 Å². The Morgan fingerprint density at radius 3 is 2.70 bits per heavy atom. The highest BCUT2D eigenvalue weighted by molar-refractivity contribution is 5.71. The van der Waals surface area contributed by atoms with E-state index in [0.717, 1.165) is 30.4 Å². The smallest absolute Gasteiger partial charge is 0.416 e. The van der Waals surface area contributed by atoms with E-state index in [9.17, 15) is 22.4 Å². The Morgan fingerprint density at radius 2 is 1.97 bits per heavy atom. The number of nitrogens with zero attached hydrogens (tertiary/aromatic N) is 3. The molecule has 2 aliphatic heterocycles. The lowest BCUT2D eigenvalue weighted by Gasteiger charge is -2.27. The zero-order chi connectivity index (χ0) is 23.0. The third-order valence-corrected chi connectivity index (χ3v) is 6.11. The van der Waals surface area contributed by atoms with Crippen LogP contribution in [0.15, 0.2) is 65.1 Å². The van der Waals surface area contributed by atoms with E-state index >= 15 is 0 Å². The Morgan fingerprint density at radius 1 is 1.12 bits per heavy atom. The summed E-state index contributed by atoms with van der Waals surface area (Å²) in [5.41, 5.74) is 0.445. The van der Waals surface area contributed by atoms with Crippen molar-refractivity contribution in [3.63, 3.8) is 0 Å². The van der Waals surface area contributed by atoms with Crippen LogP contribution in [-0.4, -0.2) is 15.1 Å². The lowest BCUT2D eigenvalue weighted by Crippen LogP contribution is -2.35. The number of hydrogen-bond donors (Lipinski definition) is 0. The summed E-state index contributed by atoms with van der Waals surface area (Å²) in [6.07, 6.45) is -1.56. The van der Waals surface area contributed by atoms with Crippen LogP contribution in [0.2, 0.25) is 0 Å². The van der Waals surface area contributed by atoms with Crippen molar-refractivity contribution in [1.29, 1.82) is 0 Å². The van der Waals surface area contributed by atoms with Crippen molar-refractivity contribution in [1.82, 2.24) is 9.55 Å². The standard InChI is InChI=1S/C23H15F4N3O3/c24-17-6-13(4-5-18(17)33-16-3-1-2-14(7-16)23(25,26)27)11-32-19-8-20-29(21(31)28-19)12-22-9-15(22)10-30(20)22/h1-8,10H,9,11-12H2. The monoisotopic (exact) mass is 457 g/mol. The number of hydrogen-bond acceptors (Lipinski definition) is 5. The number of fused-ring (bicyclic) bond motifs is 2. The van der Waals surface area contributed by atoms with Crippen LogP contribution in [0, 0.1) is 5.82 Å². The van der Waals surface area contributed by atoms with Crippen molar-refractivity contribution in [2.75, 3.05) is 4.90 Å². The second kappa shape index (κ2) is 6.60. The topological polar surface area (TPSA) is 56.6 Å². The Kier molecular flexibility index (Phi) is 3.96. The molecule has 1 unspecified atom stereocenters. The number of alkyl halides is 3. The molecule has 0 amide bonds. The van der Waals surface area contributed by atoms with Gasteiger partial charge in [-0.3, -0.25) is 4.57 Å². The summed E-state index contributed by atoms with van der Waals surface area (Å²) >= 11 is 0. The van der Waals surface area contributed by atoms with E-state index in [4.69, 9.17) is 9.47 Å².